The largest absolute Gasteiger partial charge is 0.383 e. The molecule has 0 aliphatic heterocycles. The fourth-order valence-electron chi connectivity index (χ4n) is 4.72. The molecule has 0 spiro atoms. The summed E-state index contributed by atoms with van der Waals surface area (Å²) in [7, 11) is 0. The molecule has 1 saturated carbocycles. The molecule has 0 saturated heterocycles. The van der Waals surface area contributed by atoms with Crippen LogP contribution in [0.1, 0.15) is 42.9 Å². The lowest BCUT2D eigenvalue weighted by Crippen LogP contribution is -2.06. The lowest BCUT2D eigenvalue weighted by Gasteiger charge is -2.14. The SMILES string of the molecule is NCc1cc2ccc(CCC3CCC(n4ccc5cncnc54)C3)cc2nc1N. The molecule has 2 unspecified atom stereocenters. The number of hydrogen-bond acceptors (Lipinski definition) is 5. The first-order chi connectivity index (χ1) is 14.2. The summed E-state index contributed by atoms with van der Waals surface area (Å²) in [6, 6.07) is 11.2. The lowest BCUT2D eigenvalue weighted by molar-refractivity contribution is 0.461. The van der Waals surface area contributed by atoms with Crippen LogP contribution in [0.25, 0.3) is 21.9 Å². The topological polar surface area (TPSA) is 95.6 Å². The molecule has 1 aromatic carbocycles. The lowest BCUT2D eigenvalue weighted by atomic mass is 9.97. The van der Waals surface area contributed by atoms with Crippen LogP contribution in [0.15, 0.2) is 49.1 Å². The molecule has 1 fully saturated rings. The first kappa shape index (κ1) is 18.1. The number of nitrogen functional groups attached to an aromatic ring is 1. The summed E-state index contributed by atoms with van der Waals surface area (Å²) >= 11 is 0. The van der Waals surface area contributed by atoms with Gasteiger partial charge in [-0.25, -0.2) is 15.0 Å². The minimum Gasteiger partial charge on any atom is -0.383 e. The number of anilines is 1. The Labute approximate surface area is 170 Å². The van der Waals surface area contributed by atoms with E-state index in [-0.39, 0.29) is 0 Å². The molecule has 5 rings (SSSR count). The zero-order valence-electron chi connectivity index (χ0n) is 16.5. The number of aryl methyl sites for hydroxylation is 1. The molecule has 3 aromatic heterocycles. The Morgan fingerprint density at radius 2 is 2.03 bits per heavy atom. The molecular formula is C23H26N6. The standard InChI is InChI=1S/C23H26N6/c24-12-19-11-17-5-3-16(10-21(17)28-22(19)25)2-1-15-4-6-20(9-15)29-8-7-18-13-26-14-27-23(18)29/h3,5,7-8,10-11,13-15,20H,1-2,4,6,9,12,24H2,(H2,25,28). The number of hydrogen-bond donors (Lipinski definition) is 2. The van der Waals surface area contributed by atoms with Crippen LogP contribution in [-0.4, -0.2) is 19.5 Å². The van der Waals surface area contributed by atoms with Crippen LogP contribution in [0, 0.1) is 5.92 Å². The van der Waals surface area contributed by atoms with Crippen molar-refractivity contribution in [3.05, 3.63) is 60.2 Å². The third-order valence-corrected chi connectivity index (χ3v) is 6.34. The summed E-state index contributed by atoms with van der Waals surface area (Å²) in [6.07, 6.45) is 11.7. The molecule has 1 aliphatic carbocycles. The number of nitrogens with two attached hydrogens (primary N) is 2. The fraction of sp³-hybridized carbons (Fsp3) is 0.348. The van der Waals surface area contributed by atoms with Crippen LogP contribution >= 0.6 is 0 Å². The minimum absolute atomic E-state index is 0.419. The highest BCUT2D eigenvalue weighted by Crippen LogP contribution is 2.38. The normalized spacial score (nSPS) is 19.3. The summed E-state index contributed by atoms with van der Waals surface area (Å²) in [5.41, 5.74) is 16.0. The second-order valence-electron chi connectivity index (χ2n) is 8.16. The van der Waals surface area contributed by atoms with Gasteiger partial charge in [0.2, 0.25) is 0 Å². The molecule has 2 atom stereocenters. The second-order valence-corrected chi connectivity index (χ2v) is 8.16. The van der Waals surface area contributed by atoms with E-state index in [9.17, 15) is 0 Å². The van der Waals surface area contributed by atoms with Crippen LogP contribution in [0.2, 0.25) is 0 Å². The van der Waals surface area contributed by atoms with Crippen molar-refractivity contribution < 1.29 is 0 Å². The molecule has 4 aromatic rings. The smallest absolute Gasteiger partial charge is 0.143 e. The highest BCUT2D eigenvalue weighted by molar-refractivity contribution is 5.82. The molecule has 0 bridgehead atoms. The van der Waals surface area contributed by atoms with Gasteiger partial charge in [0.05, 0.1) is 5.52 Å². The quantitative estimate of drug-likeness (QED) is 0.540. The van der Waals surface area contributed by atoms with E-state index in [1.54, 1.807) is 6.33 Å². The van der Waals surface area contributed by atoms with E-state index in [2.05, 4.69) is 50.0 Å². The second kappa shape index (κ2) is 7.44. The van der Waals surface area contributed by atoms with Gasteiger partial charge in [0.1, 0.15) is 17.8 Å². The zero-order chi connectivity index (χ0) is 19.8. The Morgan fingerprint density at radius 1 is 1.10 bits per heavy atom. The van der Waals surface area contributed by atoms with Gasteiger partial charge in [-0.1, -0.05) is 12.1 Å². The van der Waals surface area contributed by atoms with E-state index in [1.165, 1.54) is 31.2 Å². The summed E-state index contributed by atoms with van der Waals surface area (Å²) in [5, 5.41) is 2.22. The van der Waals surface area contributed by atoms with Crippen molar-refractivity contribution in [3.63, 3.8) is 0 Å². The molecule has 0 amide bonds. The van der Waals surface area contributed by atoms with Gasteiger partial charge in [-0.3, -0.25) is 0 Å². The molecule has 3 heterocycles. The summed E-state index contributed by atoms with van der Waals surface area (Å²) in [5.74, 6) is 1.28. The highest BCUT2D eigenvalue weighted by Gasteiger charge is 2.26. The van der Waals surface area contributed by atoms with Crippen molar-refractivity contribution in [2.75, 3.05) is 5.73 Å². The van der Waals surface area contributed by atoms with Gasteiger partial charge in [0, 0.05) is 41.3 Å². The van der Waals surface area contributed by atoms with Crippen molar-refractivity contribution in [2.45, 2.75) is 44.7 Å². The van der Waals surface area contributed by atoms with Gasteiger partial charge in [0.15, 0.2) is 0 Å². The van der Waals surface area contributed by atoms with E-state index in [4.69, 9.17) is 11.5 Å². The van der Waals surface area contributed by atoms with Gasteiger partial charge < -0.3 is 16.0 Å². The fourth-order valence-corrected chi connectivity index (χ4v) is 4.72. The van der Waals surface area contributed by atoms with Gasteiger partial charge in [-0.15, -0.1) is 0 Å². The van der Waals surface area contributed by atoms with Crippen LogP contribution in [-0.2, 0) is 13.0 Å². The zero-order valence-corrected chi connectivity index (χ0v) is 16.5. The van der Waals surface area contributed by atoms with E-state index < -0.39 is 0 Å². The summed E-state index contributed by atoms with van der Waals surface area (Å²) < 4.78 is 2.34. The van der Waals surface area contributed by atoms with E-state index >= 15 is 0 Å². The Morgan fingerprint density at radius 3 is 2.93 bits per heavy atom. The van der Waals surface area contributed by atoms with Crippen molar-refractivity contribution >= 4 is 27.8 Å². The Hall–Kier alpha value is -2.99. The third kappa shape index (κ3) is 3.44. The van der Waals surface area contributed by atoms with Crippen LogP contribution in [0.5, 0.6) is 0 Å². The molecule has 29 heavy (non-hydrogen) atoms. The maximum Gasteiger partial charge on any atom is 0.143 e. The molecule has 6 nitrogen and oxygen atoms in total. The molecule has 0 radical (unpaired) electrons. The summed E-state index contributed by atoms with van der Waals surface area (Å²) in [4.78, 5) is 13.1. The number of fused-ring (bicyclic) bond motifs is 2. The van der Waals surface area contributed by atoms with Crippen LogP contribution < -0.4 is 11.5 Å². The molecule has 6 heteroatoms. The number of pyridine rings is 1. The highest BCUT2D eigenvalue weighted by atomic mass is 15.1. The molecular weight excluding hydrogens is 360 g/mol. The predicted molar refractivity (Wildman–Crippen MR) is 116 cm³/mol. The van der Waals surface area contributed by atoms with Crippen molar-refractivity contribution in [3.8, 4) is 0 Å². The maximum atomic E-state index is 6.02. The first-order valence-electron chi connectivity index (χ1n) is 10.4. The number of aromatic nitrogens is 4. The average Bonchev–Trinajstić information content (AvgIpc) is 3.38. The number of benzene rings is 1. The van der Waals surface area contributed by atoms with Gasteiger partial charge in [0.25, 0.3) is 0 Å². The average molecular weight is 387 g/mol. The summed E-state index contributed by atoms with van der Waals surface area (Å²) in [6.45, 7) is 0.419. The van der Waals surface area contributed by atoms with E-state index in [1.807, 2.05) is 12.3 Å². The monoisotopic (exact) mass is 386 g/mol. The molecule has 4 N–H and O–H groups in total. The van der Waals surface area contributed by atoms with Gasteiger partial charge in [-0.05, 0) is 61.8 Å². The molecule has 148 valence electrons. The number of nitrogens with zero attached hydrogens (tertiary/aromatic N) is 4. The van der Waals surface area contributed by atoms with Gasteiger partial charge in [-0.2, -0.15) is 0 Å². The van der Waals surface area contributed by atoms with E-state index in [0.717, 1.165) is 39.8 Å². The third-order valence-electron chi connectivity index (χ3n) is 6.34. The van der Waals surface area contributed by atoms with Crippen LogP contribution in [0.3, 0.4) is 0 Å². The maximum absolute atomic E-state index is 6.02. The van der Waals surface area contributed by atoms with E-state index in [0.29, 0.717) is 18.4 Å². The van der Waals surface area contributed by atoms with Crippen molar-refractivity contribution in [1.29, 1.82) is 0 Å². The Kier molecular flexibility index (Phi) is 4.64. The Balaban J connectivity index is 1.26. The number of rotatable bonds is 5. The minimum atomic E-state index is 0.419. The van der Waals surface area contributed by atoms with Gasteiger partial charge >= 0.3 is 0 Å². The van der Waals surface area contributed by atoms with Crippen molar-refractivity contribution in [2.24, 2.45) is 11.7 Å². The van der Waals surface area contributed by atoms with Crippen LogP contribution in [0.4, 0.5) is 5.82 Å². The first-order valence-corrected chi connectivity index (χ1v) is 10.4. The van der Waals surface area contributed by atoms with Crippen molar-refractivity contribution in [1.82, 2.24) is 19.5 Å². The Bertz CT molecular complexity index is 1160. The predicted octanol–water partition coefficient (Wildman–Crippen LogP) is 3.99. The molecule has 1 aliphatic rings.